The molecule has 4 aromatic rings. The van der Waals surface area contributed by atoms with Crippen molar-refractivity contribution < 1.29 is 14.3 Å². The van der Waals surface area contributed by atoms with Gasteiger partial charge in [0.15, 0.2) is 6.23 Å². The molecule has 2 saturated heterocycles. The number of anilines is 1. The Morgan fingerprint density at radius 3 is 2.73 bits per heavy atom. The van der Waals surface area contributed by atoms with Gasteiger partial charge in [0, 0.05) is 61.2 Å². The summed E-state index contributed by atoms with van der Waals surface area (Å²) in [6, 6.07) is 10.7. The van der Waals surface area contributed by atoms with Crippen molar-refractivity contribution in [2.75, 3.05) is 24.6 Å². The molecule has 3 aromatic heterocycles. The minimum Gasteiger partial charge on any atom is -0.444 e. The van der Waals surface area contributed by atoms with E-state index >= 15 is 0 Å². The monoisotopic (exact) mass is 557 g/mol. The number of aromatic nitrogens is 5. The van der Waals surface area contributed by atoms with E-state index in [4.69, 9.17) is 19.6 Å². The standard InChI is InChI=1S/C31H39N7O3/c1-31(2,3)41-30(39)34-23-10-8-13-37(20-23)24-11-7-9-21(15-24)29-25-16-26(22-17-33-36(4)19-22)32-18-27(25)38(35-29)28-12-5-6-14-40-28/h7,9,11,15-19,23,28H,5-6,8,10,12-14,20H2,1-4H3,(H,34,39)/t23-,28?/m0/s1. The van der Waals surface area contributed by atoms with E-state index in [2.05, 4.69) is 45.6 Å². The van der Waals surface area contributed by atoms with Crippen LogP contribution in [0.3, 0.4) is 0 Å². The van der Waals surface area contributed by atoms with Crippen LogP contribution in [-0.4, -0.2) is 62.0 Å². The van der Waals surface area contributed by atoms with Crippen molar-refractivity contribution in [2.24, 2.45) is 7.05 Å². The number of hydrogen-bond acceptors (Lipinski definition) is 7. The normalized spacial score (nSPS) is 19.9. The Balaban J connectivity index is 1.32. The van der Waals surface area contributed by atoms with Crippen LogP contribution in [-0.2, 0) is 16.5 Å². The molecule has 216 valence electrons. The van der Waals surface area contributed by atoms with E-state index in [1.165, 1.54) is 0 Å². The topological polar surface area (TPSA) is 99.3 Å². The highest BCUT2D eigenvalue weighted by molar-refractivity contribution is 5.95. The molecular formula is C31H39N7O3. The summed E-state index contributed by atoms with van der Waals surface area (Å²) < 4.78 is 15.4. The number of hydrogen-bond donors (Lipinski definition) is 1. The number of carbonyl (C=O) groups excluding carboxylic acids is 1. The molecular weight excluding hydrogens is 518 g/mol. The SMILES string of the molecule is Cn1cc(-c2cc3c(-c4cccc(N5CCC[C@H](NC(=O)OC(C)(C)C)C5)c4)nn(C4CCCCO4)c3cn2)cn1. The Labute approximate surface area is 240 Å². The zero-order chi connectivity index (χ0) is 28.6. The molecule has 0 saturated carbocycles. The molecule has 41 heavy (non-hydrogen) atoms. The number of alkyl carbamates (subject to hydrolysis) is 1. The summed E-state index contributed by atoms with van der Waals surface area (Å²) in [4.78, 5) is 19.5. The van der Waals surface area contributed by atoms with Crippen LogP contribution in [0.4, 0.5) is 10.5 Å². The van der Waals surface area contributed by atoms with Crippen molar-refractivity contribution in [3.63, 3.8) is 0 Å². The van der Waals surface area contributed by atoms with Gasteiger partial charge in [0.25, 0.3) is 0 Å². The molecule has 1 unspecified atom stereocenters. The maximum Gasteiger partial charge on any atom is 0.407 e. The summed E-state index contributed by atoms with van der Waals surface area (Å²) in [5.41, 5.74) is 5.32. The molecule has 0 spiro atoms. The second kappa shape index (κ2) is 11.2. The van der Waals surface area contributed by atoms with Gasteiger partial charge >= 0.3 is 6.09 Å². The third-order valence-corrected chi connectivity index (χ3v) is 7.65. The number of aryl methyl sites for hydroxylation is 1. The van der Waals surface area contributed by atoms with Crippen molar-refractivity contribution in [3.8, 4) is 22.5 Å². The Kier molecular flexibility index (Phi) is 7.42. The lowest BCUT2D eigenvalue weighted by Gasteiger charge is -2.35. The second-order valence-corrected chi connectivity index (χ2v) is 12.1. The van der Waals surface area contributed by atoms with Gasteiger partial charge in [-0.15, -0.1) is 0 Å². The molecule has 2 fully saturated rings. The summed E-state index contributed by atoms with van der Waals surface area (Å²) in [6.45, 7) is 8.04. The van der Waals surface area contributed by atoms with E-state index < -0.39 is 5.60 Å². The van der Waals surface area contributed by atoms with E-state index in [1.807, 2.05) is 51.1 Å². The average Bonchev–Trinajstić information content (AvgIpc) is 3.56. The first-order valence-electron chi connectivity index (χ1n) is 14.6. The highest BCUT2D eigenvalue weighted by Gasteiger charge is 2.26. The van der Waals surface area contributed by atoms with Gasteiger partial charge in [-0.2, -0.15) is 10.2 Å². The molecule has 10 heteroatoms. The largest absolute Gasteiger partial charge is 0.444 e. The Morgan fingerprint density at radius 1 is 1.10 bits per heavy atom. The van der Waals surface area contributed by atoms with Crippen molar-refractivity contribution in [3.05, 3.63) is 48.9 Å². The number of carbonyl (C=O) groups is 1. The van der Waals surface area contributed by atoms with E-state index in [1.54, 1.807) is 4.68 Å². The molecule has 1 N–H and O–H groups in total. The molecule has 2 aliphatic rings. The molecule has 6 rings (SSSR count). The van der Waals surface area contributed by atoms with E-state index in [0.717, 1.165) is 90.9 Å². The van der Waals surface area contributed by atoms with Crippen LogP contribution in [0.1, 0.15) is 59.1 Å². The number of amides is 1. The quantitative estimate of drug-likeness (QED) is 0.336. The van der Waals surface area contributed by atoms with Gasteiger partial charge in [0.05, 0.1) is 23.6 Å². The molecule has 1 aromatic carbocycles. The van der Waals surface area contributed by atoms with Crippen LogP contribution in [0, 0.1) is 0 Å². The van der Waals surface area contributed by atoms with Crippen LogP contribution in [0.15, 0.2) is 48.9 Å². The molecule has 0 radical (unpaired) electrons. The van der Waals surface area contributed by atoms with Gasteiger partial charge in [0.1, 0.15) is 11.3 Å². The molecule has 10 nitrogen and oxygen atoms in total. The Bertz CT molecular complexity index is 1530. The maximum atomic E-state index is 12.4. The molecule has 2 atom stereocenters. The number of fused-ring (bicyclic) bond motifs is 1. The zero-order valence-corrected chi connectivity index (χ0v) is 24.3. The number of ether oxygens (including phenoxy) is 2. The van der Waals surface area contributed by atoms with Gasteiger partial charge < -0.3 is 19.7 Å². The van der Waals surface area contributed by atoms with Gasteiger partial charge in [-0.25, -0.2) is 9.48 Å². The first-order valence-corrected chi connectivity index (χ1v) is 14.6. The first kappa shape index (κ1) is 27.3. The van der Waals surface area contributed by atoms with E-state index in [0.29, 0.717) is 0 Å². The first-order chi connectivity index (χ1) is 19.7. The summed E-state index contributed by atoms with van der Waals surface area (Å²) in [5.74, 6) is 0. The third-order valence-electron chi connectivity index (χ3n) is 7.65. The predicted octanol–water partition coefficient (Wildman–Crippen LogP) is 5.69. The molecule has 0 bridgehead atoms. The number of benzene rings is 1. The highest BCUT2D eigenvalue weighted by Crippen LogP contribution is 2.36. The van der Waals surface area contributed by atoms with Crippen LogP contribution in [0.5, 0.6) is 0 Å². The van der Waals surface area contributed by atoms with E-state index in [9.17, 15) is 4.79 Å². The second-order valence-electron chi connectivity index (χ2n) is 12.1. The number of nitrogens with zero attached hydrogens (tertiary/aromatic N) is 6. The lowest BCUT2D eigenvalue weighted by Crippen LogP contribution is -2.49. The third kappa shape index (κ3) is 6.07. The van der Waals surface area contributed by atoms with Gasteiger partial charge in [0.2, 0.25) is 0 Å². The van der Waals surface area contributed by atoms with Crippen molar-refractivity contribution >= 4 is 22.7 Å². The summed E-state index contributed by atoms with van der Waals surface area (Å²) >= 11 is 0. The maximum absolute atomic E-state index is 12.4. The number of rotatable bonds is 5. The van der Waals surface area contributed by atoms with Gasteiger partial charge in [-0.1, -0.05) is 12.1 Å². The molecule has 2 aliphatic heterocycles. The molecule has 0 aliphatic carbocycles. The van der Waals surface area contributed by atoms with E-state index in [-0.39, 0.29) is 18.4 Å². The molecule has 1 amide bonds. The highest BCUT2D eigenvalue weighted by atomic mass is 16.6. The minimum atomic E-state index is -0.520. The average molecular weight is 558 g/mol. The van der Waals surface area contributed by atoms with Crippen LogP contribution >= 0.6 is 0 Å². The number of pyridine rings is 1. The number of piperidine rings is 1. The summed E-state index contributed by atoms with van der Waals surface area (Å²) in [5, 5.41) is 13.6. The van der Waals surface area contributed by atoms with Crippen LogP contribution < -0.4 is 10.2 Å². The number of nitrogens with one attached hydrogen (secondary N) is 1. The fourth-order valence-corrected chi connectivity index (χ4v) is 5.75. The van der Waals surface area contributed by atoms with Crippen molar-refractivity contribution in [1.82, 2.24) is 29.9 Å². The minimum absolute atomic E-state index is 0.0267. The summed E-state index contributed by atoms with van der Waals surface area (Å²) in [6.07, 6.45) is 10.3. The van der Waals surface area contributed by atoms with Gasteiger partial charge in [-0.05, 0) is 71.1 Å². The smallest absolute Gasteiger partial charge is 0.407 e. The van der Waals surface area contributed by atoms with Crippen LogP contribution in [0.25, 0.3) is 33.4 Å². The molecule has 5 heterocycles. The predicted molar refractivity (Wildman–Crippen MR) is 159 cm³/mol. The fourth-order valence-electron chi connectivity index (χ4n) is 5.75. The fraction of sp³-hybridized carbons (Fsp3) is 0.484. The summed E-state index contributed by atoms with van der Waals surface area (Å²) in [7, 11) is 1.91. The van der Waals surface area contributed by atoms with Crippen molar-refractivity contribution in [2.45, 2.75) is 70.7 Å². The Hall–Kier alpha value is -3.92. The zero-order valence-electron chi connectivity index (χ0n) is 24.3. The lowest BCUT2D eigenvalue weighted by molar-refractivity contribution is -0.0365. The lowest BCUT2D eigenvalue weighted by atomic mass is 10.0. The van der Waals surface area contributed by atoms with Crippen molar-refractivity contribution in [1.29, 1.82) is 0 Å². The van der Waals surface area contributed by atoms with Crippen LogP contribution in [0.2, 0.25) is 0 Å². The Morgan fingerprint density at radius 2 is 1.98 bits per heavy atom. The van der Waals surface area contributed by atoms with Gasteiger partial charge in [-0.3, -0.25) is 9.67 Å².